The van der Waals surface area contributed by atoms with E-state index in [-0.39, 0.29) is 0 Å². The summed E-state index contributed by atoms with van der Waals surface area (Å²) < 4.78 is 10.5. The zero-order chi connectivity index (χ0) is 27.7. The lowest BCUT2D eigenvalue weighted by Gasteiger charge is -2.34. The average molecular weight is 553 g/mol. The minimum atomic E-state index is -1.65. The fraction of sp³-hybridized carbons (Fsp3) is 0.846. The maximum absolute atomic E-state index is 10.0. The summed E-state index contributed by atoms with van der Waals surface area (Å²) in [5, 5.41) is 36.4. The van der Waals surface area contributed by atoms with Gasteiger partial charge < -0.3 is 14.3 Å². The van der Waals surface area contributed by atoms with E-state index in [1.165, 1.54) is 50.6 Å². The average Bonchev–Trinajstić information content (AvgIpc) is 3.41. The monoisotopic (exact) mass is 552 g/mol. The number of aliphatic hydroxyl groups is 2. The molecule has 0 amide bonds. The minimum Gasteiger partial charge on any atom is -0.455 e. The van der Waals surface area contributed by atoms with E-state index < -0.39 is 27.8 Å². The summed E-state index contributed by atoms with van der Waals surface area (Å²) in [6, 6.07) is 2.44. The Morgan fingerprint density at radius 3 is 1.32 bits per heavy atom. The molecule has 2 rings (SSSR count). The predicted molar refractivity (Wildman–Crippen MR) is 153 cm³/mol. The van der Waals surface area contributed by atoms with Crippen LogP contribution in [-0.4, -0.2) is 56.8 Å². The molecule has 2 aromatic rings. The number of aromatic nitrogens is 6. The molecule has 37 heavy (non-hydrogen) atoms. The highest BCUT2D eigenvalue weighted by molar-refractivity contribution is 6.84. The largest absolute Gasteiger partial charge is 0.455 e. The van der Waals surface area contributed by atoms with Gasteiger partial charge in [0, 0.05) is 13.1 Å². The molecule has 0 aliphatic rings. The molecule has 0 aromatic carbocycles. The highest BCUT2D eigenvalue weighted by Crippen LogP contribution is 2.26. The number of hydrogen-bond donors (Lipinski definition) is 2. The van der Waals surface area contributed by atoms with Gasteiger partial charge in [-0.05, 0) is 78.8 Å². The van der Waals surface area contributed by atoms with E-state index in [0.717, 1.165) is 25.9 Å². The molecule has 0 aliphatic carbocycles. The number of hydrogen-bond acceptors (Lipinski definition) is 7. The van der Waals surface area contributed by atoms with Crippen molar-refractivity contribution >= 4 is 16.6 Å². The number of aryl methyl sites for hydroxylation is 2. The summed E-state index contributed by atoms with van der Waals surface area (Å²) in [6.45, 7) is 18.2. The van der Waals surface area contributed by atoms with E-state index in [2.05, 4.69) is 46.8 Å². The third-order valence-corrected chi connectivity index (χ3v) is 14.3. The SMILES string of the molecule is CC(C)(O)c1cn(CCCCCC[Si](C)(C)O[Si](C)(C)CCCCCCn2cc(C(C)(C)O)nn2)nn1. The second-order valence-electron chi connectivity index (χ2n) is 12.8. The molecule has 212 valence electrons. The Balaban J connectivity index is 1.55. The molecule has 2 N–H and O–H groups in total. The smallest absolute Gasteiger partial charge is 0.173 e. The third-order valence-electron chi connectivity index (χ3n) is 6.72. The molecule has 0 atom stereocenters. The standard InChI is InChI=1S/C26H52N6O3Si2/c1-25(2,33)23-21-31(29-27-23)17-13-9-11-15-19-36(5,6)35-37(7,8)20-16-12-10-14-18-32-22-24(28-30-32)26(3,4)34/h21-22,33-34H,9-20H2,1-8H3. The second-order valence-corrected chi connectivity index (χ2v) is 21.7. The van der Waals surface area contributed by atoms with E-state index >= 15 is 0 Å². The lowest BCUT2D eigenvalue weighted by Crippen LogP contribution is -2.44. The van der Waals surface area contributed by atoms with Crippen LogP contribution >= 0.6 is 0 Å². The van der Waals surface area contributed by atoms with Gasteiger partial charge in [-0.25, -0.2) is 0 Å². The molecule has 11 heteroatoms. The predicted octanol–water partition coefficient (Wildman–Crippen LogP) is 5.57. The fourth-order valence-electron chi connectivity index (χ4n) is 4.58. The van der Waals surface area contributed by atoms with Crippen molar-refractivity contribution in [3.8, 4) is 0 Å². The summed E-state index contributed by atoms with van der Waals surface area (Å²) in [4.78, 5) is 0. The Labute approximate surface area is 226 Å². The highest BCUT2D eigenvalue weighted by Gasteiger charge is 2.32. The molecule has 0 radical (unpaired) electrons. The van der Waals surface area contributed by atoms with Crippen LogP contribution in [0.1, 0.15) is 90.4 Å². The van der Waals surface area contributed by atoms with Gasteiger partial charge in [0.25, 0.3) is 0 Å². The van der Waals surface area contributed by atoms with Crippen molar-refractivity contribution in [1.29, 1.82) is 0 Å². The second kappa shape index (κ2) is 13.6. The molecule has 2 aromatic heterocycles. The van der Waals surface area contributed by atoms with Crippen molar-refractivity contribution in [3.63, 3.8) is 0 Å². The van der Waals surface area contributed by atoms with Crippen molar-refractivity contribution in [2.75, 3.05) is 0 Å². The summed E-state index contributed by atoms with van der Waals surface area (Å²) in [5.74, 6) is 0. The molecule has 0 bridgehead atoms. The van der Waals surface area contributed by atoms with Gasteiger partial charge in [0.1, 0.15) is 22.6 Å². The highest BCUT2D eigenvalue weighted by atomic mass is 28.4. The van der Waals surface area contributed by atoms with E-state index in [4.69, 9.17) is 4.12 Å². The Morgan fingerprint density at radius 1 is 0.649 bits per heavy atom. The maximum Gasteiger partial charge on any atom is 0.173 e. The maximum atomic E-state index is 10.0. The normalized spacial score (nSPS) is 13.5. The van der Waals surface area contributed by atoms with Crippen LogP contribution in [0.3, 0.4) is 0 Å². The van der Waals surface area contributed by atoms with Gasteiger partial charge in [0.15, 0.2) is 16.6 Å². The van der Waals surface area contributed by atoms with E-state index in [0.29, 0.717) is 11.4 Å². The first-order valence-corrected chi connectivity index (χ1v) is 20.3. The first-order valence-electron chi connectivity index (χ1n) is 14.0. The topological polar surface area (TPSA) is 111 Å². The summed E-state index contributed by atoms with van der Waals surface area (Å²) in [5.41, 5.74) is -0.628. The van der Waals surface area contributed by atoms with E-state index in [1.54, 1.807) is 27.7 Å². The van der Waals surface area contributed by atoms with Gasteiger partial charge in [-0.3, -0.25) is 9.36 Å². The van der Waals surface area contributed by atoms with Crippen LogP contribution < -0.4 is 0 Å². The quantitative estimate of drug-likeness (QED) is 0.184. The van der Waals surface area contributed by atoms with Gasteiger partial charge in [-0.15, -0.1) is 10.2 Å². The molecule has 0 aliphatic heterocycles. The molecule has 2 heterocycles. The van der Waals surface area contributed by atoms with Crippen LogP contribution in [0.2, 0.25) is 38.3 Å². The van der Waals surface area contributed by atoms with Crippen LogP contribution in [0.4, 0.5) is 0 Å². The Kier molecular flexibility index (Phi) is 11.7. The molecular formula is C26H52N6O3Si2. The first kappa shape index (κ1) is 31.8. The van der Waals surface area contributed by atoms with Gasteiger partial charge in [0.2, 0.25) is 0 Å². The van der Waals surface area contributed by atoms with Crippen molar-refractivity contribution in [2.45, 2.75) is 142 Å². The third kappa shape index (κ3) is 12.3. The molecular weight excluding hydrogens is 500 g/mol. The van der Waals surface area contributed by atoms with Crippen molar-refractivity contribution < 1.29 is 14.3 Å². The van der Waals surface area contributed by atoms with Gasteiger partial charge in [0.05, 0.1) is 12.4 Å². The lowest BCUT2D eigenvalue weighted by atomic mass is 10.1. The van der Waals surface area contributed by atoms with Gasteiger partial charge in [-0.2, -0.15) is 0 Å². The number of nitrogens with zero attached hydrogens (tertiary/aromatic N) is 6. The molecule has 0 fully saturated rings. The van der Waals surface area contributed by atoms with Crippen LogP contribution in [0.15, 0.2) is 12.4 Å². The summed E-state index contributed by atoms with van der Waals surface area (Å²) in [7, 11) is -3.29. The molecule has 0 unspecified atom stereocenters. The van der Waals surface area contributed by atoms with Crippen LogP contribution in [0, 0.1) is 0 Å². The number of unbranched alkanes of at least 4 members (excludes halogenated alkanes) is 6. The van der Waals surface area contributed by atoms with Crippen LogP contribution in [0.5, 0.6) is 0 Å². The Hall–Kier alpha value is -1.41. The molecule has 0 spiro atoms. The molecule has 0 saturated heterocycles. The van der Waals surface area contributed by atoms with E-state index in [1.807, 2.05) is 21.8 Å². The van der Waals surface area contributed by atoms with Gasteiger partial charge >= 0.3 is 0 Å². The summed E-state index contributed by atoms with van der Waals surface area (Å²) >= 11 is 0. The van der Waals surface area contributed by atoms with Crippen LogP contribution in [0.25, 0.3) is 0 Å². The zero-order valence-electron chi connectivity index (χ0n) is 24.6. The van der Waals surface area contributed by atoms with Crippen molar-refractivity contribution in [1.82, 2.24) is 30.0 Å². The lowest BCUT2D eigenvalue weighted by molar-refractivity contribution is 0.0732. The molecule has 0 saturated carbocycles. The Morgan fingerprint density at radius 2 is 1.00 bits per heavy atom. The molecule has 9 nitrogen and oxygen atoms in total. The van der Waals surface area contributed by atoms with Crippen LogP contribution in [-0.2, 0) is 28.4 Å². The van der Waals surface area contributed by atoms with Crippen molar-refractivity contribution in [3.05, 3.63) is 23.8 Å². The Bertz CT molecular complexity index is 857. The zero-order valence-corrected chi connectivity index (χ0v) is 26.6. The first-order chi connectivity index (χ1) is 17.1. The minimum absolute atomic E-state index is 0.623. The van der Waals surface area contributed by atoms with Gasteiger partial charge in [-0.1, -0.05) is 49.0 Å². The summed E-state index contributed by atoms with van der Waals surface area (Å²) in [6.07, 6.45) is 13.1. The number of rotatable bonds is 18. The fourth-order valence-corrected chi connectivity index (χ4v) is 13.6. The van der Waals surface area contributed by atoms with E-state index in [9.17, 15) is 10.2 Å². The van der Waals surface area contributed by atoms with Crippen molar-refractivity contribution in [2.24, 2.45) is 0 Å².